The van der Waals surface area contributed by atoms with Crippen molar-refractivity contribution in [2.24, 2.45) is 5.92 Å². The van der Waals surface area contributed by atoms with Crippen LogP contribution < -0.4 is 24.8 Å². The van der Waals surface area contributed by atoms with Crippen molar-refractivity contribution in [3.8, 4) is 0 Å². The van der Waals surface area contributed by atoms with Crippen molar-refractivity contribution in [2.45, 2.75) is 41.5 Å². The first kappa shape index (κ1) is 29.1. The van der Waals surface area contributed by atoms with Gasteiger partial charge in [0.2, 0.25) is 0 Å². The van der Waals surface area contributed by atoms with E-state index in [0.29, 0.717) is 11.6 Å². The van der Waals surface area contributed by atoms with Crippen LogP contribution in [0.2, 0.25) is 0 Å². The van der Waals surface area contributed by atoms with Gasteiger partial charge in [-0.05, 0) is 46.1 Å². The third kappa shape index (κ3) is 6.74. The van der Waals surface area contributed by atoms with Crippen molar-refractivity contribution in [3.63, 3.8) is 0 Å². The number of hydrogen-bond donors (Lipinski definition) is 0. The van der Waals surface area contributed by atoms with Crippen LogP contribution in [0.25, 0.3) is 11.3 Å². The first-order valence-corrected chi connectivity index (χ1v) is 8.82. The molecule has 0 amide bonds. The van der Waals surface area contributed by atoms with Gasteiger partial charge in [0.15, 0.2) is 0 Å². The summed E-state index contributed by atoms with van der Waals surface area (Å²) in [4.78, 5) is 0. The van der Waals surface area contributed by atoms with Gasteiger partial charge in [0.25, 0.3) is 0 Å². The average molecular weight is 450 g/mol. The third-order valence-electron chi connectivity index (χ3n) is 5.17. The number of halogens is 2. The van der Waals surface area contributed by atoms with E-state index in [1.165, 1.54) is 39.0 Å². The minimum atomic E-state index is 0. The summed E-state index contributed by atoms with van der Waals surface area (Å²) >= 11 is 0. The fourth-order valence-electron chi connectivity index (χ4n) is 3.56. The maximum Gasteiger partial charge on any atom is 2.00 e. The van der Waals surface area contributed by atoms with Crippen molar-refractivity contribution in [2.75, 3.05) is 0 Å². The van der Waals surface area contributed by atoms with E-state index in [1.807, 2.05) is 26.0 Å². The summed E-state index contributed by atoms with van der Waals surface area (Å²) in [5.41, 5.74) is 18.5. The summed E-state index contributed by atoms with van der Waals surface area (Å²) in [5, 5.41) is 0. The summed E-state index contributed by atoms with van der Waals surface area (Å²) in [6, 6.07) is 14.2. The van der Waals surface area contributed by atoms with Gasteiger partial charge in [-0.15, -0.1) is 23.4 Å². The van der Waals surface area contributed by atoms with Crippen LogP contribution in [0, 0.1) is 26.7 Å². The van der Waals surface area contributed by atoms with E-state index in [2.05, 4.69) is 65.0 Å². The monoisotopic (exact) mass is 449 g/mol. The number of allylic oxidation sites excluding steroid dienone is 4. The van der Waals surface area contributed by atoms with Gasteiger partial charge in [-0.2, -0.15) is 18.6 Å². The van der Waals surface area contributed by atoms with Crippen LogP contribution in [0.1, 0.15) is 49.9 Å². The van der Waals surface area contributed by atoms with E-state index < -0.39 is 0 Å². The molecule has 3 rings (SSSR count). The zero-order valence-corrected chi connectivity index (χ0v) is 20.7. The molecule has 1 atom stereocenters. The molecule has 1 unspecified atom stereocenters. The zero-order valence-electron chi connectivity index (χ0n) is 17.6. The van der Waals surface area contributed by atoms with Crippen LogP contribution in [0.4, 0.5) is 5.69 Å². The molecule has 0 saturated carbocycles. The summed E-state index contributed by atoms with van der Waals surface area (Å²) < 4.78 is 0. The molecule has 0 fully saturated rings. The van der Waals surface area contributed by atoms with Crippen LogP contribution >= 0.6 is 0 Å². The Morgan fingerprint density at radius 1 is 0.821 bits per heavy atom. The molecule has 150 valence electrons. The molecule has 0 aromatic heterocycles. The Morgan fingerprint density at radius 3 is 1.71 bits per heavy atom. The van der Waals surface area contributed by atoms with Gasteiger partial charge in [0.1, 0.15) is 0 Å². The average Bonchev–Trinajstić information content (AvgIpc) is 2.71. The van der Waals surface area contributed by atoms with Crippen LogP contribution in [0.3, 0.4) is 0 Å². The molecule has 0 saturated heterocycles. The van der Waals surface area contributed by atoms with Crippen LogP contribution in [-0.4, -0.2) is 0 Å². The molecule has 0 aliphatic heterocycles. The normalized spacial score (nSPS) is 15.0. The van der Waals surface area contributed by atoms with Crippen molar-refractivity contribution in [1.82, 2.24) is 0 Å². The number of aryl methyl sites for hydroxylation is 2. The maximum absolute atomic E-state index is 7.28. The Bertz CT molecular complexity index is 803. The van der Waals surface area contributed by atoms with Crippen molar-refractivity contribution < 1.29 is 46.5 Å². The molecule has 0 heterocycles. The molecular formula is C24H29Cl2NTi-2. The SMILES string of the molecule is Cc1cc(C)cc([NH-])c1.[CH2-]c1ccccc1C1=C(C)C(C)=C(C)C1C.[Cl-].[Cl-].[Ti+2]. The zero-order chi connectivity index (χ0) is 18.7. The van der Waals surface area contributed by atoms with Crippen molar-refractivity contribution >= 4 is 11.3 Å². The molecular weight excluding hydrogens is 421 g/mol. The molecule has 1 aliphatic rings. The fraction of sp³-hybridized carbons (Fsp3) is 0.292. The van der Waals surface area contributed by atoms with Crippen molar-refractivity contribution in [3.05, 3.63) is 94.1 Å². The molecule has 4 heteroatoms. The molecule has 0 bridgehead atoms. The molecule has 0 spiro atoms. The van der Waals surface area contributed by atoms with Gasteiger partial charge in [-0.1, -0.05) is 59.0 Å². The molecule has 2 aromatic carbocycles. The second kappa shape index (κ2) is 12.4. The summed E-state index contributed by atoms with van der Waals surface area (Å²) in [6.45, 7) is 17.1. The van der Waals surface area contributed by atoms with E-state index in [9.17, 15) is 0 Å². The van der Waals surface area contributed by atoms with Gasteiger partial charge in [-0.25, -0.2) is 0 Å². The first-order chi connectivity index (χ1) is 11.7. The summed E-state index contributed by atoms with van der Waals surface area (Å²) in [6.07, 6.45) is 0. The third-order valence-corrected chi connectivity index (χ3v) is 5.17. The van der Waals surface area contributed by atoms with Crippen LogP contribution in [0.15, 0.2) is 59.2 Å². The molecule has 0 radical (unpaired) electrons. The van der Waals surface area contributed by atoms with Gasteiger partial charge in [0.05, 0.1) is 0 Å². The minimum Gasteiger partial charge on any atom is -1.00 e. The van der Waals surface area contributed by atoms with Gasteiger partial charge in [-0.3, -0.25) is 0 Å². The topological polar surface area (TPSA) is 23.8 Å². The van der Waals surface area contributed by atoms with E-state index in [-0.39, 0.29) is 46.5 Å². The quantitative estimate of drug-likeness (QED) is 0.466. The largest absolute Gasteiger partial charge is 2.00 e. The Kier molecular flexibility index (Phi) is 12.9. The van der Waals surface area contributed by atoms with Gasteiger partial charge < -0.3 is 30.5 Å². The van der Waals surface area contributed by atoms with E-state index in [1.54, 1.807) is 0 Å². The second-order valence-corrected chi connectivity index (χ2v) is 7.10. The van der Waals surface area contributed by atoms with Crippen LogP contribution in [-0.2, 0) is 21.7 Å². The smallest absolute Gasteiger partial charge is 1.00 e. The first-order valence-electron chi connectivity index (χ1n) is 8.82. The molecule has 1 nitrogen and oxygen atoms in total. The Balaban J connectivity index is 0. The summed E-state index contributed by atoms with van der Waals surface area (Å²) in [7, 11) is 0. The Morgan fingerprint density at radius 2 is 1.32 bits per heavy atom. The van der Waals surface area contributed by atoms with Gasteiger partial charge in [0, 0.05) is 0 Å². The van der Waals surface area contributed by atoms with E-state index in [0.717, 1.165) is 5.56 Å². The van der Waals surface area contributed by atoms with E-state index in [4.69, 9.17) is 5.73 Å². The number of hydrogen-bond acceptors (Lipinski definition) is 0. The number of benzene rings is 2. The van der Waals surface area contributed by atoms with E-state index >= 15 is 0 Å². The number of rotatable bonds is 1. The molecule has 28 heavy (non-hydrogen) atoms. The molecule has 1 N–H and O–H groups in total. The molecule has 2 aromatic rings. The van der Waals surface area contributed by atoms with Crippen LogP contribution in [0.5, 0.6) is 0 Å². The van der Waals surface area contributed by atoms with Gasteiger partial charge >= 0.3 is 21.7 Å². The summed E-state index contributed by atoms with van der Waals surface area (Å²) in [5.74, 6) is 0.530. The predicted octanol–water partition coefficient (Wildman–Crippen LogP) is 1.62. The Labute approximate surface area is 198 Å². The number of nitrogens with one attached hydrogen (secondary N) is 1. The second-order valence-electron chi connectivity index (χ2n) is 7.10. The maximum atomic E-state index is 7.28. The standard InChI is InChI=1S/C16H19.C8H10N.2ClH.Ti/c1-10-8-6-7-9-15(10)16-13(4)11(2)12(3)14(16)5;1-6-3-7(2)5-8(9)4-6;;;/h6-9,13H,1H2,2-5H3;3-5,9H,1-2H3;2*1H;/q2*-1;;;+2/p-2. The molecule has 1 aliphatic carbocycles. The Hall–Kier alpha value is -1.12. The van der Waals surface area contributed by atoms with Crippen molar-refractivity contribution in [1.29, 1.82) is 0 Å². The predicted molar refractivity (Wildman–Crippen MR) is 111 cm³/mol. The fourth-order valence-corrected chi connectivity index (χ4v) is 3.56. The minimum absolute atomic E-state index is 0.